The van der Waals surface area contributed by atoms with E-state index in [1.54, 1.807) is 6.07 Å². The van der Waals surface area contributed by atoms with Gasteiger partial charge in [-0.3, -0.25) is 4.90 Å². The Kier molecular flexibility index (Phi) is 6.27. The zero-order valence-corrected chi connectivity index (χ0v) is 21.3. The number of anilines is 1. The molecule has 2 fully saturated rings. The topological polar surface area (TPSA) is 50.1 Å². The van der Waals surface area contributed by atoms with Gasteiger partial charge in [-0.2, -0.15) is 5.10 Å². The number of likely N-dealkylation sites (tertiary alicyclic amines) is 1. The van der Waals surface area contributed by atoms with Crippen molar-refractivity contribution in [2.45, 2.75) is 65.1 Å². The van der Waals surface area contributed by atoms with Gasteiger partial charge in [-0.25, -0.2) is 14.6 Å². The van der Waals surface area contributed by atoms with Crippen molar-refractivity contribution in [3.8, 4) is 0 Å². The van der Waals surface area contributed by atoms with Crippen LogP contribution in [0, 0.1) is 12.8 Å². The first-order chi connectivity index (χ1) is 15.8. The Morgan fingerprint density at radius 3 is 2.64 bits per heavy atom. The third-order valence-corrected chi connectivity index (χ3v) is 8.12. The molecule has 0 spiro atoms. The van der Waals surface area contributed by atoms with Crippen LogP contribution in [-0.4, -0.2) is 56.4 Å². The fourth-order valence-electron chi connectivity index (χ4n) is 5.72. The number of aryl methyl sites for hydroxylation is 1. The zero-order valence-electron chi connectivity index (χ0n) is 19.8. The standard InChI is InChI=1S/C25H32Cl2N6/c1-15-14-31(11-9-22(15)32-10-5-6-16(32)2)23-13-28-24-17(3)30-33(25(24)29-23)18(4)20-8-7-19(26)12-21(20)27/h7-8,12-13,15-16,18,22H,5-6,9-11,14H2,1-4H3/t15?,16-,18?,22-/m0/s1. The number of nitrogens with zero attached hydrogens (tertiary/aromatic N) is 6. The fourth-order valence-corrected chi connectivity index (χ4v) is 6.28. The number of aromatic nitrogens is 4. The van der Waals surface area contributed by atoms with Crippen LogP contribution >= 0.6 is 23.2 Å². The molecule has 8 heteroatoms. The Bertz CT molecular complexity index is 1160. The van der Waals surface area contributed by atoms with Gasteiger partial charge >= 0.3 is 0 Å². The predicted molar refractivity (Wildman–Crippen MR) is 136 cm³/mol. The van der Waals surface area contributed by atoms with Crippen molar-refractivity contribution < 1.29 is 0 Å². The summed E-state index contributed by atoms with van der Waals surface area (Å²) in [6.45, 7) is 12.1. The highest BCUT2D eigenvalue weighted by Gasteiger charge is 2.35. The van der Waals surface area contributed by atoms with Crippen LogP contribution in [0.5, 0.6) is 0 Å². The molecule has 2 saturated heterocycles. The lowest BCUT2D eigenvalue weighted by atomic mass is 9.92. The van der Waals surface area contributed by atoms with Gasteiger partial charge in [0.05, 0.1) is 17.9 Å². The van der Waals surface area contributed by atoms with Gasteiger partial charge in [0.15, 0.2) is 5.65 Å². The molecule has 6 nitrogen and oxygen atoms in total. The quantitative estimate of drug-likeness (QED) is 0.469. The summed E-state index contributed by atoms with van der Waals surface area (Å²) in [7, 11) is 0. The van der Waals surface area contributed by atoms with Crippen molar-refractivity contribution >= 4 is 40.2 Å². The SMILES string of the molecule is Cc1nn(C(C)c2ccc(Cl)cc2Cl)c2nc(N3CC[C@H](N4CCC[C@@H]4C)C(C)C3)cnc12. The monoisotopic (exact) mass is 486 g/mol. The number of fused-ring (bicyclic) bond motifs is 1. The predicted octanol–water partition coefficient (Wildman–Crippen LogP) is 5.75. The third-order valence-electron chi connectivity index (χ3n) is 7.55. The molecule has 33 heavy (non-hydrogen) atoms. The largest absolute Gasteiger partial charge is 0.355 e. The molecule has 3 aromatic rings. The van der Waals surface area contributed by atoms with Gasteiger partial charge < -0.3 is 4.90 Å². The van der Waals surface area contributed by atoms with Crippen LogP contribution in [0.2, 0.25) is 10.0 Å². The summed E-state index contributed by atoms with van der Waals surface area (Å²) in [4.78, 5) is 15.0. The molecule has 1 aromatic carbocycles. The maximum absolute atomic E-state index is 6.51. The van der Waals surface area contributed by atoms with E-state index in [2.05, 4.69) is 30.6 Å². The molecule has 5 rings (SSSR count). The van der Waals surface area contributed by atoms with E-state index in [9.17, 15) is 0 Å². The van der Waals surface area contributed by atoms with E-state index in [-0.39, 0.29) is 6.04 Å². The molecule has 4 heterocycles. The Morgan fingerprint density at radius 2 is 1.94 bits per heavy atom. The van der Waals surface area contributed by atoms with E-state index in [4.69, 9.17) is 38.3 Å². The summed E-state index contributed by atoms with van der Waals surface area (Å²) >= 11 is 12.6. The third kappa shape index (κ3) is 4.22. The summed E-state index contributed by atoms with van der Waals surface area (Å²) in [5.41, 5.74) is 3.47. The van der Waals surface area contributed by atoms with Gasteiger partial charge in [0.1, 0.15) is 11.3 Å². The van der Waals surface area contributed by atoms with E-state index in [1.807, 2.05) is 29.9 Å². The minimum Gasteiger partial charge on any atom is -0.355 e. The molecule has 0 radical (unpaired) electrons. The molecule has 4 atom stereocenters. The number of halogens is 2. The van der Waals surface area contributed by atoms with Crippen molar-refractivity contribution in [1.29, 1.82) is 0 Å². The van der Waals surface area contributed by atoms with Crippen LogP contribution in [-0.2, 0) is 0 Å². The maximum Gasteiger partial charge on any atom is 0.179 e. The minimum absolute atomic E-state index is 0.0863. The molecule has 2 aliphatic rings. The van der Waals surface area contributed by atoms with Crippen LogP contribution in [0.1, 0.15) is 57.3 Å². The van der Waals surface area contributed by atoms with Crippen LogP contribution in [0.3, 0.4) is 0 Å². The Labute approximate surface area is 205 Å². The van der Waals surface area contributed by atoms with Gasteiger partial charge in [-0.1, -0.05) is 36.2 Å². The normalized spacial score (nSPS) is 25.2. The van der Waals surface area contributed by atoms with Crippen LogP contribution in [0.4, 0.5) is 5.82 Å². The van der Waals surface area contributed by atoms with Gasteiger partial charge in [-0.05, 0) is 70.2 Å². The lowest BCUT2D eigenvalue weighted by molar-refractivity contribution is 0.122. The maximum atomic E-state index is 6.51. The van der Waals surface area contributed by atoms with Crippen molar-refractivity contribution in [3.63, 3.8) is 0 Å². The van der Waals surface area contributed by atoms with Crippen molar-refractivity contribution in [1.82, 2.24) is 24.6 Å². The van der Waals surface area contributed by atoms with Crippen molar-refractivity contribution in [3.05, 3.63) is 45.7 Å². The second-order valence-electron chi connectivity index (χ2n) is 9.78. The molecule has 0 saturated carbocycles. The number of benzene rings is 1. The highest BCUT2D eigenvalue weighted by Crippen LogP contribution is 2.33. The summed E-state index contributed by atoms with van der Waals surface area (Å²) < 4.78 is 1.94. The van der Waals surface area contributed by atoms with Crippen LogP contribution in [0.25, 0.3) is 11.2 Å². The molecule has 0 N–H and O–H groups in total. The first kappa shape index (κ1) is 22.9. The molecule has 2 aliphatic heterocycles. The average molecular weight is 487 g/mol. The van der Waals surface area contributed by atoms with Crippen molar-refractivity contribution in [2.75, 3.05) is 24.5 Å². The van der Waals surface area contributed by atoms with E-state index in [0.29, 0.717) is 28.0 Å². The van der Waals surface area contributed by atoms with E-state index in [0.717, 1.165) is 41.3 Å². The van der Waals surface area contributed by atoms with Gasteiger partial charge in [-0.15, -0.1) is 0 Å². The first-order valence-corrected chi connectivity index (χ1v) is 12.8. The second-order valence-corrected chi connectivity index (χ2v) is 10.6. The molecule has 176 valence electrons. The highest BCUT2D eigenvalue weighted by molar-refractivity contribution is 6.35. The lowest BCUT2D eigenvalue weighted by Gasteiger charge is -2.43. The summed E-state index contributed by atoms with van der Waals surface area (Å²) in [5.74, 6) is 1.52. The molecular weight excluding hydrogens is 455 g/mol. The minimum atomic E-state index is -0.0863. The molecule has 2 aromatic heterocycles. The van der Waals surface area contributed by atoms with Crippen LogP contribution < -0.4 is 4.90 Å². The van der Waals surface area contributed by atoms with Crippen molar-refractivity contribution in [2.24, 2.45) is 5.92 Å². The number of piperidine rings is 1. The summed E-state index contributed by atoms with van der Waals surface area (Å²) in [6, 6.07) is 6.88. The molecule has 0 bridgehead atoms. The summed E-state index contributed by atoms with van der Waals surface area (Å²) in [5, 5.41) is 6.04. The second kappa shape index (κ2) is 9.05. The van der Waals surface area contributed by atoms with Gasteiger partial charge in [0.25, 0.3) is 0 Å². The Hall–Kier alpha value is -1.89. The number of hydrogen-bond acceptors (Lipinski definition) is 5. The number of hydrogen-bond donors (Lipinski definition) is 0. The van der Waals surface area contributed by atoms with Gasteiger partial charge in [0, 0.05) is 35.2 Å². The highest BCUT2D eigenvalue weighted by atomic mass is 35.5. The molecule has 0 aliphatic carbocycles. The first-order valence-electron chi connectivity index (χ1n) is 12.0. The zero-order chi connectivity index (χ0) is 23.3. The molecule has 2 unspecified atom stereocenters. The fraction of sp³-hybridized carbons (Fsp3) is 0.560. The molecule has 0 amide bonds. The lowest BCUT2D eigenvalue weighted by Crippen LogP contribution is -2.51. The molecular formula is C25H32Cl2N6. The Balaban J connectivity index is 1.43. The average Bonchev–Trinajstić information content (AvgIpc) is 3.36. The smallest absolute Gasteiger partial charge is 0.179 e. The summed E-state index contributed by atoms with van der Waals surface area (Å²) in [6.07, 6.45) is 5.73. The van der Waals surface area contributed by atoms with E-state index < -0.39 is 0 Å². The number of rotatable bonds is 4. The van der Waals surface area contributed by atoms with Gasteiger partial charge in [0.2, 0.25) is 0 Å². The van der Waals surface area contributed by atoms with Crippen LogP contribution in [0.15, 0.2) is 24.4 Å². The Morgan fingerprint density at radius 1 is 1.12 bits per heavy atom. The van der Waals surface area contributed by atoms with E-state index in [1.165, 1.54) is 25.8 Å². The van der Waals surface area contributed by atoms with E-state index >= 15 is 0 Å².